The van der Waals surface area contributed by atoms with E-state index in [9.17, 15) is 4.79 Å². The minimum atomic E-state index is -0.0277. The molecule has 1 aromatic carbocycles. The number of anilines is 1. The number of hydrogen-bond acceptors (Lipinski definition) is 6. The second-order valence-corrected chi connectivity index (χ2v) is 6.78. The van der Waals surface area contributed by atoms with Crippen LogP contribution in [0.5, 0.6) is 0 Å². The molecule has 4 rings (SSSR count). The summed E-state index contributed by atoms with van der Waals surface area (Å²) >= 11 is 1.64. The highest BCUT2D eigenvalue weighted by atomic mass is 32.1. The topological polar surface area (TPSA) is 71.3 Å². The Bertz CT molecular complexity index is 830. The lowest BCUT2D eigenvalue weighted by molar-refractivity contribution is -0.120. The molecule has 24 heavy (non-hydrogen) atoms. The Morgan fingerprint density at radius 1 is 1.42 bits per heavy atom. The lowest BCUT2D eigenvalue weighted by atomic mass is 10.1. The van der Waals surface area contributed by atoms with Gasteiger partial charge in [-0.25, -0.2) is 4.98 Å². The Hall–Kier alpha value is -2.41. The van der Waals surface area contributed by atoms with Crippen LogP contribution in [0.4, 0.5) is 5.13 Å². The van der Waals surface area contributed by atoms with E-state index in [1.165, 1.54) is 0 Å². The van der Waals surface area contributed by atoms with Crippen molar-refractivity contribution in [1.82, 2.24) is 15.5 Å². The molecule has 1 N–H and O–H groups in total. The van der Waals surface area contributed by atoms with Crippen LogP contribution in [0, 0.1) is 0 Å². The Labute approximate surface area is 143 Å². The van der Waals surface area contributed by atoms with Crippen LogP contribution < -0.4 is 10.2 Å². The number of hydrogen-bond donors (Lipinski definition) is 1. The van der Waals surface area contributed by atoms with Crippen LogP contribution >= 0.6 is 11.3 Å². The van der Waals surface area contributed by atoms with Crippen molar-refractivity contribution in [2.45, 2.75) is 25.3 Å². The van der Waals surface area contributed by atoms with Crippen molar-refractivity contribution in [3.8, 4) is 0 Å². The summed E-state index contributed by atoms with van der Waals surface area (Å²) in [5.41, 5.74) is 1.40. The third-order valence-corrected chi connectivity index (χ3v) is 5.17. The maximum Gasteiger partial charge on any atom is 0.226 e. The first-order valence-corrected chi connectivity index (χ1v) is 8.95. The summed E-state index contributed by atoms with van der Waals surface area (Å²) in [6.07, 6.45) is 4.27. The molecular weight excluding hydrogens is 324 g/mol. The van der Waals surface area contributed by atoms with Gasteiger partial charge in [0.05, 0.1) is 6.42 Å². The van der Waals surface area contributed by atoms with E-state index in [1.807, 2.05) is 35.8 Å². The van der Waals surface area contributed by atoms with Gasteiger partial charge in [-0.05, 0) is 25.0 Å². The number of carbonyl (C=O) groups is 1. The van der Waals surface area contributed by atoms with Crippen LogP contribution in [-0.2, 0) is 11.2 Å². The average Bonchev–Trinajstić information content (AvgIpc) is 3.33. The molecular formula is C17H18N4O2S. The Balaban J connectivity index is 1.36. The van der Waals surface area contributed by atoms with E-state index in [2.05, 4.69) is 20.4 Å². The molecule has 1 aliphatic heterocycles. The molecule has 1 saturated heterocycles. The summed E-state index contributed by atoms with van der Waals surface area (Å²) in [4.78, 5) is 18.9. The molecule has 0 bridgehead atoms. The van der Waals surface area contributed by atoms with Crippen LogP contribution in [0.2, 0.25) is 0 Å². The predicted octanol–water partition coefficient (Wildman–Crippen LogP) is 2.61. The van der Waals surface area contributed by atoms with Crippen molar-refractivity contribution in [3.63, 3.8) is 0 Å². The lowest BCUT2D eigenvalue weighted by Crippen LogP contribution is -2.40. The number of nitrogens with one attached hydrogen (secondary N) is 1. The van der Waals surface area contributed by atoms with E-state index in [4.69, 9.17) is 4.52 Å². The monoisotopic (exact) mass is 342 g/mol. The largest absolute Gasteiger partial charge is 0.356 e. The fourth-order valence-corrected chi connectivity index (χ4v) is 3.91. The fraction of sp³-hybridized carbons (Fsp3) is 0.353. The molecule has 1 atom stereocenters. The molecule has 0 saturated carbocycles. The van der Waals surface area contributed by atoms with E-state index in [1.54, 1.807) is 11.3 Å². The highest BCUT2D eigenvalue weighted by molar-refractivity contribution is 7.13. The first-order valence-electron chi connectivity index (χ1n) is 8.07. The quantitative estimate of drug-likeness (QED) is 0.772. The summed E-state index contributed by atoms with van der Waals surface area (Å²) in [7, 11) is 0. The first-order chi connectivity index (χ1) is 11.8. The van der Waals surface area contributed by atoms with Crippen molar-refractivity contribution < 1.29 is 9.32 Å². The number of benzene rings is 1. The van der Waals surface area contributed by atoms with Gasteiger partial charge in [-0.2, -0.15) is 0 Å². The van der Waals surface area contributed by atoms with Gasteiger partial charge in [0.2, 0.25) is 5.91 Å². The molecule has 3 aromatic rings. The second kappa shape index (κ2) is 6.60. The normalized spacial score (nSPS) is 17.5. The summed E-state index contributed by atoms with van der Waals surface area (Å²) in [6, 6.07) is 7.91. The number of rotatable bonds is 5. The van der Waals surface area contributed by atoms with Crippen LogP contribution in [-0.4, -0.2) is 35.2 Å². The average molecular weight is 342 g/mol. The van der Waals surface area contributed by atoms with Gasteiger partial charge in [0, 0.05) is 36.1 Å². The van der Waals surface area contributed by atoms with E-state index >= 15 is 0 Å². The maximum atomic E-state index is 12.3. The number of thiazole rings is 1. The molecule has 1 unspecified atom stereocenters. The third kappa shape index (κ3) is 2.99. The van der Waals surface area contributed by atoms with Crippen molar-refractivity contribution in [2.24, 2.45) is 0 Å². The molecule has 2 aromatic heterocycles. The Kier molecular flexibility index (Phi) is 4.17. The number of amides is 1. The smallest absolute Gasteiger partial charge is 0.226 e. The summed E-state index contributed by atoms with van der Waals surface area (Å²) < 4.78 is 5.25. The zero-order valence-corrected chi connectivity index (χ0v) is 14.0. The maximum absolute atomic E-state index is 12.3. The van der Waals surface area contributed by atoms with Crippen LogP contribution in [0.25, 0.3) is 11.0 Å². The zero-order valence-electron chi connectivity index (χ0n) is 13.1. The molecule has 0 radical (unpaired) electrons. The second-order valence-electron chi connectivity index (χ2n) is 5.91. The molecule has 7 heteroatoms. The zero-order chi connectivity index (χ0) is 16.4. The number of carbonyl (C=O) groups excluding carboxylic acids is 1. The molecule has 0 spiro atoms. The van der Waals surface area contributed by atoms with Gasteiger partial charge in [0.1, 0.15) is 5.69 Å². The van der Waals surface area contributed by atoms with E-state index in [0.29, 0.717) is 23.9 Å². The van der Waals surface area contributed by atoms with Gasteiger partial charge in [-0.15, -0.1) is 11.3 Å². The van der Waals surface area contributed by atoms with Crippen molar-refractivity contribution in [3.05, 3.63) is 41.5 Å². The van der Waals surface area contributed by atoms with Crippen LogP contribution in [0.1, 0.15) is 18.5 Å². The van der Waals surface area contributed by atoms with Gasteiger partial charge in [-0.3, -0.25) is 4.79 Å². The van der Waals surface area contributed by atoms with Crippen LogP contribution in [0.3, 0.4) is 0 Å². The molecule has 1 amide bonds. The Morgan fingerprint density at radius 2 is 2.33 bits per heavy atom. The van der Waals surface area contributed by atoms with E-state index in [-0.39, 0.29) is 12.3 Å². The van der Waals surface area contributed by atoms with Crippen molar-refractivity contribution in [1.29, 1.82) is 0 Å². The molecule has 1 fully saturated rings. The summed E-state index contributed by atoms with van der Waals surface area (Å²) in [6.45, 7) is 1.64. The van der Waals surface area contributed by atoms with Crippen LogP contribution in [0.15, 0.2) is 40.4 Å². The van der Waals surface area contributed by atoms with E-state index in [0.717, 1.165) is 29.9 Å². The first kappa shape index (κ1) is 15.1. The molecule has 1 aliphatic rings. The van der Waals surface area contributed by atoms with Gasteiger partial charge in [-0.1, -0.05) is 17.3 Å². The van der Waals surface area contributed by atoms with Crippen molar-refractivity contribution in [2.75, 3.05) is 18.0 Å². The number of para-hydroxylation sites is 1. The summed E-state index contributed by atoms with van der Waals surface area (Å²) in [5, 5.41) is 11.0. The minimum absolute atomic E-state index is 0.0277. The summed E-state index contributed by atoms with van der Waals surface area (Å²) in [5.74, 6) is -0.0277. The molecule has 3 heterocycles. The van der Waals surface area contributed by atoms with Gasteiger partial charge in [0.15, 0.2) is 10.7 Å². The Morgan fingerprint density at radius 3 is 3.21 bits per heavy atom. The highest BCUT2D eigenvalue weighted by Crippen LogP contribution is 2.26. The van der Waals surface area contributed by atoms with E-state index < -0.39 is 0 Å². The number of fused-ring (bicyclic) bond motifs is 1. The lowest BCUT2D eigenvalue weighted by Gasteiger charge is -2.24. The predicted molar refractivity (Wildman–Crippen MR) is 93.2 cm³/mol. The third-order valence-electron chi connectivity index (χ3n) is 4.36. The highest BCUT2D eigenvalue weighted by Gasteiger charge is 2.26. The standard InChI is InChI=1S/C17H18N4O2S/c22-16(10-14-13-5-1-2-6-15(13)23-20-14)19-11-12-4-3-8-21(12)17-18-7-9-24-17/h1-2,5-7,9,12H,3-4,8,10-11H2,(H,19,22). The number of aromatic nitrogens is 2. The van der Waals surface area contributed by atoms with Gasteiger partial charge < -0.3 is 14.7 Å². The molecule has 0 aliphatic carbocycles. The molecule has 124 valence electrons. The van der Waals surface area contributed by atoms with Crippen molar-refractivity contribution >= 4 is 33.3 Å². The fourth-order valence-electron chi connectivity index (χ4n) is 3.17. The minimum Gasteiger partial charge on any atom is -0.356 e. The molecule has 6 nitrogen and oxygen atoms in total. The SMILES string of the molecule is O=C(Cc1noc2ccccc12)NCC1CCCN1c1nccs1. The van der Waals surface area contributed by atoms with Gasteiger partial charge in [0.25, 0.3) is 0 Å². The van der Waals surface area contributed by atoms with Gasteiger partial charge >= 0.3 is 0 Å². The number of nitrogens with zero attached hydrogens (tertiary/aromatic N) is 3.